The zero-order valence-corrected chi connectivity index (χ0v) is 17.7. The highest BCUT2D eigenvalue weighted by Gasteiger charge is 2.27. The standard InChI is InChI=1S/C20H21ClN4O4S/c21-15-4-2-14(3-5-15)13-24-8-1-9-25(11-10-24)30(28,29)16-6-7-18-17(12-16)19(26)23-20(27)22-18/h2-7,12H,1,8-11,13H2,(H2,22,23,26,27). The number of hydrogen-bond acceptors (Lipinski definition) is 5. The highest BCUT2D eigenvalue weighted by Crippen LogP contribution is 2.21. The number of nitrogens with zero attached hydrogens (tertiary/aromatic N) is 2. The van der Waals surface area contributed by atoms with Crippen LogP contribution in [-0.4, -0.2) is 53.8 Å². The Labute approximate surface area is 178 Å². The van der Waals surface area contributed by atoms with Crippen molar-refractivity contribution in [1.29, 1.82) is 0 Å². The second-order valence-electron chi connectivity index (χ2n) is 7.28. The van der Waals surface area contributed by atoms with Gasteiger partial charge in [0.2, 0.25) is 10.0 Å². The van der Waals surface area contributed by atoms with Crippen molar-refractivity contribution in [2.45, 2.75) is 17.9 Å². The molecule has 0 saturated carbocycles. The molecule has 2 N–H and O–H groups in total. The second kappa shape index (κ2) is 8.35. The fourth-order valence-electron chi connectivity index (χ4n) is 3.65. The van der Waals surface area contributed by atoms with Gasteiger partial charge in [0.1, 0.15) is 0 Å². The molecule has 2 heterocycles. The summed E-state index contributed by atoms with van der Waals surface area (Å²) in [6.45, 7) is 2.87. The molecule has 1 saturated heterocycles. The van der Waals surface area contributed by atoms with Gasteiger partial charge in [-0.2, -0.15) is 4.31 Å². The summed E-state index contributed by atoms with van der Waals surface area (Å²) in [4.78, 5) is 30.3. The van der Waals surface area contributed by atoms with Gasteiger partial charge in [-0.15, -0.1) is 0 Å². The van der Waals surface area contributed by atoms with Crippen LogP contribution in [0.1, 0.15) is 12.0 Å². The van der Waals surface area contributed by atoms with Gasteiger partial charge in [0.15, 0.2) is 0 Å². The molecule has 10 heteroatoms. The van der Waals surface area contributed by atoms with E-state index in [1.54, 1.807) is 0 Å². The Hall–Kier alpha value is -2.46. The number of fused-ring (bicyclic) bond motifs is 1. The Kier molecular flexibility index (Phi) is 5.79. The zero-order chi connectivity index (χ0) is 21.3. The van der Waals surface area contributed by atoms with E-state index in [0.717, 1.165) is 18.7 Å². The van der Waals surface area contributed by atoms with Crippen LogP contribution >= 0.6 is 11.6 Å². The lowest BCUT2D eigenvalue weighted by Crippen LogP contribution is -2.35. The predicted molar refractivity (Wildman–Crippen MR) is 115 cm³/mol. The third-order valence-electron chi connectivity index (χ3n) is 5.22. The third kappa shape index (κ3) is 4.34. The van der Waals surface area contributed by atoms with Gasteiger partial charge in [0, 0.05) is 31.2 Å². The highest BCUT2D eigenvalue weighted by molar-refractivity contribution is 7.89. The first-order valence-electron chi connectivity index (χ1n) is 9.56. The number of halogens is 1. The van der Waals surface area contributed by atoms with E-state index in [0.29, 0.717) is 36.6 Å². The van der Waals surface area contributed by atoms with Crippen LogP contribution in [0.15, 0.2) is 56.9 Å². The number of H-pyrrole nitrogens is 2. The first kappa shape index (κ1) is 20.8. The molecule has 3 aromatic rings. The van der Waals surface area contributed by atoms with Crippen LogP contribution in [0, 0.1) is 0 Å². The van der Waals surface area contributed by atoms with Crippen LogP contribution in [0.4, 0.5) is 0 Å². The van der Waals surface area contributed by atoms with Gasteiger partial charge in [0.05, 0.1) is 15.8 Å². The number of nitrogens with one attached hydrogen (secondary N) is 2. The van der Waals surface area contributed by atoms with E-state index in [9.17, 15) is 18.0 Å². The molecule has 0 atom stereocenters. The van der Waals surface area contributed by atoms with Gasteiger partial charge >= 0.3 is 5.69 Å². The predicted octanol–water partition coefficient (Wildman–Crippen LogP) is 1.77. The summed E-state index contributed by atoms with van der Waals surface area (Å²) in [5.41, 5.74) is 0.179. The molecule has 8 nitrogen and oxygen atoms in total. The van der Waals surface area contributed by atoms with Crippen LogP contribution in [0.5, 0.6) is 0 Å². The van der Waals surface area contributed by atoms with E-state index in [2.05, 4.69) is 14.9 Å². The van der Waals surface area contributed by atoms with Crippen molar-refractivity contribution in [3.63, 3.8) is 0 Å². The molecule has 30 heavy (non-hydrogen) atoms. The van der Waals surface area contributed by atoms with E-state index < -0.39 is 21.3 Å². The largest absolute Gasteiger partial charge is 0.326 e. The minimum absolute atomic E-state index is 0.0405. The number of aromatic amines is 2. The molecule has 158 valence electrons. The third-order valence-corrected chi connectivity index (χ3v) is 7.36. The number of aromatic nitrogens is 2. The summed E-state index contributed by atoms with van der Waals surface area (Å²) in [7, 11) is -3.76. The highest BCUT2D eigenvalue weighted by atomic mass is 35.5. The summed E-state index contributed by atoms with van der Waals surface area (Å²) in [5, 5.41) is 0.819. The van der Waals surface area contributed by atoms with Crippen LogP contribution in [-0.2, 0) is 16.6 Å². The van der Waals surface area contributed by atoms with Crippen molar-refractivity contribution in [2.75, 3.05) is 26.2 Å². The molecule has 1 aliphatic heterocycles. The molecule has 0 bridgehead atoms. The number of hydrogen-bond donors (Lipinski definition) is 2. The molecule has 1 fully saturated rings. The van der Waals surface area contributed by atoms with E-state index in [1.807, 2.05) is 24.3 Å². The number of benzene rings is 2. The van der Waals surface area contributed by atoms with Gasteiger partial charge < -0.3 is 4.98 Å². The fourth-order valence-corrected chi connectivity index (χ4v) is 5.27. The smallest absolute Gasteiger partial charge is 0.307 e. The van der Waals surface area contributed by atoms with Gasteiger partial charge in [-0.3, -0.25) is 14.7 Å². The van der Waals surface area contributed by atoms with Gasteiger partial charge in [0.25, 0.3) is 5.56 Å². The molecule has 4 rings (SSSR count). The molecular formula is C20H21ClN4O4S. The Bertz CT molecular complexity index is 1280. The summed E-state index contributed by atoms with van der Waals surface area (Å²) in [6.07, 6.45) is 0.703. The fraction of sp³-hybridized carbons (Fsp3) is 0.300. The van der Waals surface area contributed by atoms with Crippen LogP contribution in [0.25, 0.3) is 10.9 Å². The average Bonchev–Trinajstić information content (AvgIpc) is 2.95. The van der Waals surface area contributed by atoms with Crippen LogP contribution in [0.3, 0.4) is 0 Å². The minimum Gasteiger partial charge on any atom is -0.307 e. The molecule has 0 spiro atoms. The van der Waals surface area contributed by atoms with E-state index in [-0.39, 0.29) is 10.3 Å². The molecule has 1 aliphatic rings. The van der Waals surface area contributed by atoms with Crippen molar-refractivity contribution in [3.8, 4) is 0 Å². The molecule has 0 amide bonds. The number of rotatable bonds is 4. The summed E-state index contributed by atoms with van der Waals surface area (Å²) < 4.78 is 27.8. The van der Waals surface area contributed by atoms with Gasteiger partial charge in [-0.05, 0) is 48.9 Å². The molecule has 0 radical (unpaired) electrons. The quantitative estimate of drug-likeness (QED) is 0.632. The maximum Gasteiger partial charge on any atom is 0.326 e. The van der Waals surface area contributed by atoms with Crippen molar-refractivity contribution in [3.05, 3.63) is 73.9 Å². The maximum atomic E-state index is 13.2. The zero-order valence-electron chi connectivity index (χ0n) is 16.1. The van der Waals surface area contributed by atoms with Crippen LogP contribution < -0.4 is 11.2 Å². The molecule has 2 aromatic carbocycles. The summed E-state index contributed by atoms with van der Waals surface area (Å²) in [5.74, 6) is 0. The maximum absolute atomic E-state index is 13.2. The van der Waals surface area contributed by atoms with E-state index in [1.165, 1.54) is 22.5 Å². The average molecular weight is 449 g/mol. The van der Waals surface area contributed by atoms with Crippen molar-refractivity contribution < 1.29 is 8.42 Å². The Morgan fingerprint density at radius 2 is 1.70 bits per heavy atom. The summed E-state index contributed by atoms with van der Waals surface area (Å²) in [6, 6.07) is 11.8. The minimum atomic E-state index is -3.76. The lowest BCUT2D eigenvalue weighted by molar-refractivity contribution is 0.278. The van der Waals surface area contributed by atoms with E-state index in [4.69, 9.17) is 11.6 Å². The Morgan fingerprint density at radius 3 is 2.47 bits per heavy atom. The van der Waals surface area contributed by atoms with Crippen LogP contribution in [0.2, 0.25) is 5.02 Å². The monoisotopic (exact) mass is 448 g/mol. The first-order chi connectivity index (χ1) is 14.3. The lowest BCUT2D eigenvalue weighted by atomic mass is 10.2. The molecule has 1 aromatic heterocycles. The molecule has 0 aliphatic carbocycles. The van der Waals surface area contributed by atoms with Crippen molar-refractivity contribution in [2.24, 2.45) is 0 Å². The second-order valence-corrected chi connectivity index (χ2v) is 9.65. The normalized spacial score (nSPS) is 16.6. The Morgan fingerprint density at radius 1 is 0.933 bits per heavy atom. The molecular weight excluding hydrogens is 428 g/mol. The Balaban J connectivity index is 1.53. The SMILES string of the molecule is O=c1[nH]c(=O)c2cc(S(=O)(=O)N3CCCN(Cc4ccc(Cl)cc4)CC3)ccc2[nH]1. The van der Waals surface area contributed by atoms with Crippen molar-refractivity contribution in [1.82, 2.24) is 19.2 Å². The van der Waals surface area contributed by atoms with Gasteiger partial charge in [-0.1, -0.05) is 23.7 Å². The first-order valence-corrected chi connectivity index (χ1v) is 11.4. The van der Waals surface area contributed by atoms with E-state index >= 15 is 0 Å². The summed E-state index contributed by atoms with van der Waals surface area (Å²) >= 11 is 5.94. The topological polar surface area (TPSA) is 106 Å². The van der Waals surface area contributed by atoms with Gasteiger partial charge in [-0.25, -0.2) is 13.2 Å². The van der Waals surface area contributed by atoms with Crippen molar-refractivity contribution >= 4 is 32.5 Å². The number of sulfonamides is 1. The molecule has 0 unspecified atom stereocenters. The lowest BCUT2D eigenvalue weighted by Gasteiger charge is -2.22.